The predicted octanol–water partition coefficient (Wildman–Crippen LogP) is 8.35. The van der Waals surface area contributed by atoms with Gasteiger partial charge in [0.2, 0.25) is 23.6 Å². The highest BCUT2D eigenvalue weighted by molar-refractivity contribution is 6.09. The smallest absolute Gasteiger partial charge is 0.329 e. The molecule has 1 unspecified atom stereocenters. The molecule has 13 nitrogen and oxygen atoms in total. The highest BCUT2D eigenvalue weighted by Gasteiger charge is 2.31. The number of carbonyl (C=O) groups excluding carboxylic acids is 5. The highest BCUT2D eigenvalue weighted by atomic mass is 19.1. The fraction of sp³-hybridized carbons (Fsp3) is 0.464. The maximum Gasteiger partial charge on any atom is 0.329 e. The lowest BCUT2D eigenvalue weighted by Gasteiger charge is -2.36. The number of likely N-dealkylation sites (tertiary alicyclic amines) is 3. The van der Waals surface area contributed by atoms with Crippen LogP contribution >= 0.6 is 0 Å². The van der Waals surface area contributed by atoms with Crippen molar-refractivity contribution in [3.05, 3.63) is 107 Å². The Morgan fingerprint density at radius 1 is 0.771 bits per heavy atom. The summed E-state index contributed by atoms with van der Waals surface area (Å²) in [5, 5.41) is 13.2. The lowest BCUT2D eigenvalue weighted by Crippen LogP contribution is -2.49. The van der Waals surface area contributed by atoms with Crippen LogP contribution in [0.5, 0.6) is 0 Å². The maximum atomic E-state index is 13.6. The first-order valence-electron chi connectivity index (χ1n) is 25.4. The van der Waals surface area contributed by atoms with Gasteiger partial charge in [0, 0.05) is 94.4 Å². The van der Waals surface area contributed by atoms with E-state index in [1.54, 1.807) is 10.7 Å². The number of aromatic nitrogens is 2. The second kappa shape index (κ2) is 22.0. The van der Waals surface area contributed by atoms with Crippen molar-refractivity contribution in [1.29, 1.82) is 0 Å². The Morgan fingerprint density at radius 3 is 2.17 bits per heavy atom. The summed E-state index contributed by atoms with van der Waals surface area (Å²) in [6, 6.07) is 25.2. The van der Waals surface area contributed by atoms with Crippen LogP contribution in [0.25, 0.3) is 21.7 Å². The molecule has 0 bridgehead atoms. The molecule has 0 spiro atoms. The number of hydrogen-bond acceptors (Lipinski definition) is 7. The summed E-state index contributed by atoms with van der Waals surface area (Å²) in [6.45, 7) is 7.39. The van der Waals surface area contributed by atoms with E-state index >= 15 is 0 Å². The Kier molecular flexibility index (Phi) is 15.2. The standard InChI is InChI=1S/C56H65FN8O5/c1-38(62-30-25-43(26-31-62)55(69)58-37-40-9-8-10-45(57)35-40)46-19-17-42(47-11-6-7-12-48(46)47)16-15-39-21-28-63(29-22-39)52(67)13-4-3-5-14-53(68)64-32-23-41(24-33-64)44-18-20-49-50(36-44)61(2)60-54(49)65-34-27-51(66)59-56(65)70/h6-12,17-20,35-36,38-39,41,43H,3-5,13-14,21-34,37H2,1-2H3,(H,58,69)(H,59,66,70). The van der Waals surface area contributed by atoms with E-state index in [2.05, 4.69) is 87.9 Å². The van der Waals surface area contributed by atoms with Crippen LogP contribution in [0.3, 0.4) is 0 Å². The third-order valence-corrected chi connectivity index (χ3v) is 15.2. The van der Waals surface area contributed by atoms with Crippen LogP contribution in [0.4, 0.5) is 15.0 Å². The predicted molar refractivity (Wildman–Crippen MR) is 269 cm³/mol. The number of rotatable bonds is 13. The zero-order valence-corrected chi connectivity index (χ0v) is 40.6. The fourth-order valence-electron chi connectivity index (χ4n) is 11.0. The molecule has 14 heteroatoms. The molecule has 6 amide bonds. The molecule has 366 valence electrons. The van der Waals surface area contributed by atoms with E-state index < -0.39 is 6.03 Å². The van der Waals surface area contributed by atoms with Crippen molar-refractivity contribution in [3.8, 4) is 11.8 Å². The van der Waals surface area contributed by atoms with Crippen LogP contribution in [0.2, 0.25) is 0 Å². The van der Waals surface area contributed by atoms with Gasteiger partial charge in [0.15, 0.2) is 5.82 Å². The molecule has 9 rings (SSSR count). The van der Waals surface area contributed by atoms with Crippen LogP contribution in [0.15, 0.2) is 78.9 Å². The summed E-state index contributed by atoms with van der Waals surface area (Å²) in [7, 11) is 1.86. The van der Waals surface area contributed by atoms with E-state index in [1.165, 1.54) is 33.5 Å². The first-order valence-corrected chi connectivity index (χ1v) is 25.4. The van der Waals surface area contributed by atoms with E-state index in [4.69, 9.17) is 0 Å². The molecule has 1 atom stereocenters. The van der Waals surface area contributed by atoms with Gasteiger partial charge in [-0.25, -0.2) is 9.18 Å². The number of fused-ring (bicyclic) bond motifs is 2. The van der Waals surface area contributed by atoms with Gasteiger partial charge in [0.25, 0.3) is 0 Å². The van der Waals surface area contributed by atoms with Gasteiger partial charge < -0.3 is 15.1 Å². The summed E-state index contributed by atoms with van der Waals surface area (Å²) in [5.74, 6) is 7.97. The Balaban J connectivity index is 0.674. The first kappa shape index (κ1) is 48.4. The van der Waals surface area contributed by atoms with Gasteiger partial charge in [0.1, 0.15) is 5.82 Å². The Morgan fingerprint density at radius 2 is 1.47 bits per heavy atom. The van der Waals surface area contributed by atoms with Crippen LogP contribution in [-0.2, 0) is 32.8 Å². The van der Waals surface area contributed by atoms with Gasteiger partial charge in [0.05, 0.1) is 5.52 Å². The number of unbranched alkanes of at least 4 members (excludes halogenated alkanes) is 2. The third kappa shape index (κ3) is 11.2. The van der Waals surface area contributed by atoms with Gasteiger partial charge in [-0.3, -0.25) is 39.0 Å². The highest BCUT2D eigenvalue weighted by Crippen LogP contribution is 2.35. The zero-order chi connectivity index (χ0) is 48.7. The molecule has 70 heavy (non-hydrogen) atoms. The second-order valence-corrected chi connectivity index (χ2v) is 19.7. The number of aryl methyl sites for hydroxylation is 1. The molecule has 2 N–H and O–H groups in total. The van der Waals surface area contributed by atoms with Crippen molar-refractivity contribution in [1.82, 2.24) is 35.1 Å². The minimum Gasteiger partial charge on any atom is -0.352 e. The van der Waals surface area contributed by atoms with Gasteiger partial charge >= 0.3 is 6.03 Å². The normalized spacial score (nSPS) is 18.2. The number of imide groups is 1. The van der Waals surface area contributed by atoms with E-state index in [1.807, 2.05) is 29.0 Å². The van der Waals surface area contributed by atoms with E-state index in [0.29, 0.717) is 50.8 Å². The lowest BCUT2D eigenvalue weighted by molar-refractivity contribution is -0.132. The number of anilines is 1. The van der Waals surface area contributed by atoms with Crippen molar-refractivity contribution >= 4 is 57.2 Å². The van der Waals surface area contributed by atoms with E-state index in [0.717, 1.165) is 111 Å². The Labute approximate surface area is 410 Å². The van der Waals surface area contributed by atoms with Crippen molar-refractivity contribution < 1.29 is 28.4 Å². The van der Waals surface area contributed by atoms with Gasteiger partial charge in [-0.2, -0.15) is 5.10 Å². The van der Waals surface area contributed by atoms with E-state index in [9.17, 15) is 28.4 Å². The summed E-state index contributed by atoms with van der Waals surface area (Å²) >= 11 is 0. The van der Waals surface area contributed by atoms with E-state index in [-0.39, 0.29) is 53.7 Å². The van der Waals surface area contributed by atoms with Crippen LogP contribution in [0.1, 0.15) is 118 Å². The topological polar surface area (TPSA) is 140 Å². The second-order valence-electron chi connectivity index (χ2n) is 19.7. The molecule has 1 aromatic heterocycles. The molecule has 4 fully saturated rings. The first-order chi connectivity index (χ1) is 34.0. The number of nitrogens with zero attached hydrogens (tertiary/aromatic N) is 6. The lowest BCUT2D eigenvalue weighted by atomic mass is 9.88. The van der Waals surface area contributed by atoms with Crippen LogP contribution in [-0.4, -0.2) is 100.0 Å². The van der Waals surface area contributed by atoms with Gasteiger partial charge in [-0.15, -0.1) is 0 Å². The molecule has 0 radical (unpaired) electrons. The molecule has 0 saturated carbocycles. The number of carbonyl (C=O) groups is 5. The number of amides is 6. The molecule has 4 saturated heterocycles. The Hall–Kier alpha value is -6.59. The maximum absolute atomic E-state index is 13.6. The van der Waals surface area contributed by atoms with Gasteiger partial charge in [-0.1, -0.05) is 66.8 Å². The molecule has 0 aliphatic carbocycles. The quantitative estimate of drug-likeness (QED) is 0.0894. The average molecular weight is 949 g/mol. The SMILES string of the molecule is CC(c1ccc(C#CC2CCN(C(=O)CCCCCC(=O)N3CCC(c4ccc5c(N6CCC(=O)NC6=O)nn(C)c5c4)CC3)CC2)c2ccccc12)N1CCC(C(=O)NCc2cccc(F)c2)CC1. The average Bonchev–Trinajstić information content (AvgIpc) is 3.71. The molecule has 4 aliphatic rings. The number of benzene rings is 4. The number of nitrogens with one attached hydrogen (secondary N) is 2. The van der Waals surface area contributed by atoms with Gasteiger partial charge in [-0.05, 0) is 135 Å². The number of halogens is 1. The fourth-order valence-corrected chi connectivity index (χ4v) is 11.0. The summed E-state index contributed by atoms with van der Waals surface area (Å²) in [4.78, 5) is 71.5. The summed E-state index contributed by atoms with van der Waals surface area (Å²) in [6.07, 6.45) is 8.70. The summed E-state index contributed by atoms with van der Waals surface area (Å²) < 4.78 is 15.4. The van der Waals surface area contributed by atoms with Crippen LogP contribution < -0.4 is 15.5 Å². The molecule has 4 aliphatic heterocycles. The van der Waals surface area contributed by atoms with Crippen molar-refractivity contribution in [2.45, 2.75) is 102 Å². The van der Waals surface area contributed by atoms with Crippen LogP contribution in [0, 0.1) is 29.5 Å². The molecular weight excluding hydrogens is 884 g/mol. The largest absolute Gasteiger partial charge is 0.352 e. The molecular formula is C56H65FN8O5. The van der Waals surface area contributed by atoms with Crippen molar-refractivity contribution in [2.24, 2.45) is 18.9 Å². The minimum atomic E-state index is -0.447. The summed E-state index contributed by atoms with van der Waals surface area (Å²) in [5.41, 5.74) is 5.17. The molecule has 4 aromatic carbocycles. The molecule has 5 heterocycles. The number of hydrogen-bond donors (Lipinski definition) is 2. The monoisotopic (exact) mass is 949 g/mol. The Bertz CT molecular complexity index is 2810. The molecule has 5 aromatic rings. The van der Waals surface area contributed by atoms with Crippen molar-refractivity contribution in [2.75, 3.05) is 50.7 Å². The number of piperidine rings is 3. The third-order valence-electron chi connectivity index (χ3n) is 15.2. The zero-order valence-electron chi connectivity index (χ0n) is 40.6. The minimum absolute atomic E-state index is 0.0354. The number of urea groups is 1. The van der Waals surface area contributed by atoms with Crippen molar-refractivity contribution in [3.63, 3.8) is 0 Å².